The zero-order valence-electron chi connectivity index (χ0n) is 14.7. The zero-order chi connectivity index (χ0) is 20.4. The SMILES string of the molecule is O=C(CSc1nc2ccsc2c(=O)n1Cc1ccco1)Nc1ccc(F)cc1F. The normalized spacial score (nSPS) is 11.1. The first kappa shape index (κ1) is 19.3. The van der Waals surface area contributed by atoms with Crippen LogP contribution in [0.5, 0.6) is 0 Å². The van der Waals surface area contributed by atoms with Crippen molar-refractivity contribution >= 4 is 44.9 Å². The molecule has 4 rings (SSSR count). The number of nitrogens with zero attached hydrogens (tertiary/aromatic N) is 2. The molecule has 0 aliphatic rings. The van der Waals surface area contributed by atoms with E-state index in [0.29, 0.717) is 27.2 Å². The summed E-state index contributed by atoms with van der Waals surface area (Å²) in [5, 5.41) is 4.50. The van der Waals surface area contributed by atoms with Crippen LogP contribution < -0.4 is 10.9 Å². The van der Waals surface area contributed by atoms with Gasteiger partial charge in [-0.05, 0) is 35.7 Å². The third kappa shape index (κ3) is 4.22. The molecule has 3 heterocycles. The number of halogens is 2. The number of carbonyl (C=O) groups excluding carboxylic acids is 1. The Hall–Kier alpha value is -2.98. The Labute approximate surface area is 171 Å². The number of carbonyl (C=O) groups is 1. The fourth-order valence-corrected chi connectivity index (χ4v) is 4.22. The number of hydrogen-bond donors (Lipinski definition) is 1. The predicted molar refractivity (Wildman–Crippen MR) is 107 cm³/mol. The van der Waals surface area contributed by atoms with Crippen molar-refractivity contribution in [2.75, 3.05) is 11.1 Å². The van der Waals surface area contributed by atoms with Crippen LogP contribution in [0.2, 0.25) is 0 Å². The number of amides is 1. The second kappa shape index (κ2) is 8.18. The van der Waals surface area contributed by atoms with Crippen molar-refractivity contribution in [3.8, 4) is 0 Å². The van der Waals surface area contributed by atoms with Crippen molar-refractivity contribution < 1.29 is 18.0 Å². The molecule has 0 saturated heterocycles. The van der Waals surface area contributed by atoms with Gasteiger partial charge in [0, 0.05) is 6.07 Å². The van der Waals surface area contributed by atoms with Gasteiger partial charge in [-0.2, -0.15) is 0 Å². The first-order chi connectivity index (χ1) is 14.0. The van der Waals surface area contributed by atoms with Crippen molar-refractivity contribution in [2.45, 2.75) is 11.7 Å². The number of rotatable bonds is 6. The predicted octanol–water partition coefficient (Wildman–Crippen LogP) is 4.11. The molecular formula is C19H13F2N3O3S2. The summed E-state index contributed by atoms with van der Waals surface area (Å²) < 4.78 is 34.0. The summed E-state index contributed by atoms with van der Waals surface area (Å²) in [6, 6.07) is 8.08. The minimum Gasteiger partial charge on any atom is -0.467 e. The van der Waals surface area contributed by atoms with Gasteiger partial charge in [0.2, 0.25) is 5.91 Å². The summed E-state index contributed by atoms with van der Waals surface area (Å²) in [6.45, 7) is 0.170. The summed E-state index contributed by atoms with van der Waals surface area (Å²) in [7, 11) is 0. The lowest BCUT2D eigenvalue weighted by atomic mass is 10.3. The number of benzene rings is 1. The van der Waals surface area contributed by atoms with Gasteiger partial charge in [-0.25, -0.2) is 13.8 Å². The minimum atomic E-state index is -0.865. The van der Waals surface area contributed by atoms with Crippen LogP contribution in [0.25, 0.3) is 10.2 Å². The molecule has 148 valence electrons. The third-order valence-corrected chi connectivity index (χ3v) is 5.83. The molecule has 10 heteroatoms. The summed E-state index contributed by atoms with van der Waals surface area (Å²) in [5.74, 6) is -1.65. The number of thioether (sulfide) groups is 1. The minimum absolute atomic E-state index is 0.114. The number of hydrogen-bond acceptors (Lipinski definition) is 6. The van der Waals surface area contributed by atoms with Gasteiger partial charge in [0.15, 0.2) is 5.16 Å². The molecule has 1 N–H and O–H groups in total. The van der Waals surface area contributed by atoms with E-state index in [1.54, 1.807) is 23.6 Å². The van der Waals surface area contributed by atoms with Crippen molar-refractivity contribution in [3.63, 3.8) is 0 Å². The van der Waals surface area contributed by atoms with E-state index in [-0.39, 0.29) is 23.5 Å². The summed E-state index contributed by atoms with van der Waals surface area (Å²) in [5.41, 5.74) is 0.197. The molecule has 0 radical (unpaired) electrons. The Kier molecular flexibility index (Phi) is 5.45. The van der Waals surface area contributed by atoms with Gasteiger partial charge in [-0.1, -0.05) is 11.8 Å². The maximum atomic E-state index is 13.7. The van der Waals surface area contributed by atoms with Crippen molar-refractivity contribution in [3.05, 3.63) is 75.8 Å². The van der Waals surface area contributed by atoms with E-state index in [4.69, 9.17) is 4.42 Å². The highest BCUT2D eigenvalue weighted by Gasteiger charge is 2.16. The molecule has 6 nitrogen and oxygen atoms in total. The fraction of sp³-hybridized carbons (Fsp3) is 0.105. The van der Waals surface area contributed by atoms with Crippen LogP contribution in [0.4, 0.5) is 14.5 Å². The van der Waals surface area contributed by atoms with Crippen LogP contribution in [-0.4, -0.2) is 21.2 Å². The molecule has 1 aromatic carbocycles. The van der Waals surface area contributed by atoms with Crippen LogP contribution in [0.3, 0.4) is 0 Å². The van der Waals surface area contributed by atoms with E-state index in [9.17, 15) is 18.4 Å². The van der Waals surface area contributed by atoms with Crippen molar-refractivity contribution in [1.82, 2.24) is 9.55 Å². The molecule has 0 unspecified atom stereocenters. The molecule has 29 heavy (non-hydrogen) atoms. The summed E-state index contributed by atoms with van der Waals surface area (Å²) in [4.78, 5) is 29.5. The maximum absolute atomic E-state index is 13.7. The van der Waals surface area contributed by atoms with Crippen LogP contribution in [0.15, 0.2) is 62.4 Å². The molecule has 0 aliphatic heterocycles. The first-order valence-corrected chi connectivity index (χ1v) is 10.3. The molecule has 4 aromatic rings. The number of anilines is 1. The summed E-state index contributed by atoms with van der Waals surface area (Å²) >= 11 is 2.33. The first-order valence-electron chi connectivity index (χ1n) is 8.39. The van der Waals surface area contributed by atoms with Gasteiger partial charge in [-0.3, -0.25) is 14.2 Å². The summed E-state index contributed by atoms with van der Waals surface area (Å²) in [6.07, 6.45) is 1.51. The van der Waals surface area contributed by atoms with Crippen molar-refractivity contribution in [1.29, 1.82) is 0 Å². The lowest BCUT2D eigenvalue weighted by Crippen LogP contribution is -2.24. The smallest absolute Gasteiger partial charge is 0.272 e. The second-order valence-electron chi connectivity index (χ2n) is 5.96. The Morgan fingerprint density at radius 2 is 2.14 bits per heavy atom. The van der Waals surface area contributed by atoms with Gasteiger partial charge in [-0.15, -0.1) is 11.3 Å². The molecular weight excluding hydrogens is 420 g/mol. The van der Waals surface area contributed by atoms with Gasteiger partial charge in [0.25, 0.3) is 5.56 Å². The Morgan fingerprint density at radius 3 is 2.90 bits per heavy atom. The number of furan rings is 1. The van der Waals surface area contributed by atoms with Gasteiger partial charge in [0.05, 0.1) is 29.8 Å². The third-order valence-electron chi connectivity index (χ3n) is 3.96. The van der Waals surface area contributed by atoms with Crippen molar-refractivity contribution in [2.24, 2.45) is 0 Å². The van der Waals surface area contributed by atoms with Crippen LogP contribution in [0.1, 0.15) is 5.76 Å². The van der Waals surface area contributed by atoms with Gasteiger partial charge < -0.3 is 9.73 Å². The van der Waals surface area contributed by atoms with Crippen LogP contribution in [-0.2, 0) is 11.3 Å². The Bertz CT molecular complexity index is 1240. The molecule has 1 amide bonds. The lowest BCUT2D eigenvalue weighted by Gasteiger charge is -2.11. The Morgan fingerprint density at radius 1 is 1.28 bits per heavy atom. The average Bonchev–Trinajstić information content (AvgIpc) is 3.36. The topological polar surface area (TPSA) is 77.1 Å². The molecule has 0 fully saturated rings. The van der Waals surface area contributed by atoms with E-state index < -0.39 is 17.5 Å². The monoisotopic (exact) mass is 433 g/mol. The largest absolute Gasteiger partial charge is 0.467 e. The highest BCUT2D eigenvalue weighted by molar-refractivity contribution is 7.99. The number of aromatic nitrogens is 2. The van der Waals surface area contributed by atoms with E-state index >= 15 is 0 Å². The van der Waals surface area contributed by atoms with Gasteiger partial charge >= 0.3 is 0 Å². The molecule has 0 saturated carbocycles. The maximum Gasteiger partial charge on any atom is 0.272 e. The van der Waals surface area contributed by atoms with Crippen LogP contribution in [0, 0.1) is 11.6 Å². The van der Waals surface area contributed by atoms with Crippen LogP contribution >= 0.6 is 23.1 Å². The molecule has 0 aliphatic carbocycles. The molecule has 0 bridgehead atoms. The number of thiophene rings is 1. The number of fused-ring (bicyclic) bond motifs is 1. The lowest BCUT2D eigenvalue weighted by molar-refractivity contribution is -0.113. The fourth-order valence-electron chi connectivity index (χ4n) is 2.64. The Balaban J connectivity index is 1.56. The van der Waals surface area contributed by atoms with E-state index in [0.717, 1.165) is 23.9 Å². The molecule has 0 atom stereocenters. The van der Waals surface area contributed by atoms with Gasteiger partial charge in [0.1, 0.15) is 22.1 Å². The highest BCUT2D eigenvalue weighted by atomic mass is 32.2. The van der Waals surface area contributed by atoms with E-state index in [1.807, 2.05) is 0 Å². The highest BCUT2D eigenvalue weighted by Crippen LogP contribution is 2.22. The number of nitrogens with one attached hydrogen (secondary N) is 1. The molecule has 3 aromatic heterocycles. The van der Waals surface area contributed by atoms with E-state index in [2.05, 4.69) is 10.3 Å². The zero-order valence-corrected chi connectivity index (χ0v) is 16.4. The quantitative estimate of drug-likeness (QED) is 0.366. The van der Waals surface area contributed by atoms with E-state index in [1.165, 1.54) is 22.2 Å². The average molecular weight is 433 g/mol. The standard InChI is InChI=1S/C19H13F2N3O3S2/c20-11-3-4-14(13(21)8-11)22-16(25)10-29-19-23-15-5-7-28-17(15)18(26)24(19)9-12-2-1-6-27-12/h1-8H,9-10H2,(H,22,25). The molecule has 0 spiro atoms. The second-order valence-corrected chi connectivity index (χ2v) is 7.82.